The van der Waals surface area contributed by atoms with Gasteiger partial charge >= 0.3 is 0 Å². The number of nitrogens with zero attached hydrogens (tertiary/aromatic N) is 1. The molecule has 0 saturated heterocycles. The molecule has 0 unspecified atom stereocenters. The van der Waals surface area contributed by atoms with Gasteiger partial charge in [0.25, 0.3) is 5.91 Å². The second kappa shape index (κ2) is 6.29. The van der Waals surface area contributed by atoms with Crippen LogP contribution in [0.1, 0.15) is 15.9 Å². The molecule has 0 fully saturated rings. The van der Waals surface area contributed by atoms with E-state index in [1.165, 1.54) is 6.21 Å². The van der Waals surface area contributed by atoms with Crippen molar-refractivity contribution in [2.24, 2.45) is 5.10 Å². The van der Waals surface area contributed by atoms with E-state index in [9.17, 15) is 20.1 Å². The maximum atomic E-state index is 12.1. The smallest absolute Gasteiger partial charge is 0.271 e. The molecular weight excluding hydrogens is 308 g/mol. The van der Waals surface area contributed by atoms with E-state index in [1.807, 2.05) is 30.3 Å². The molecule has 0 aliphatic carbocycles. The Kier molecular flexibility index (Phi) is 4.03. The van der Waals surface area contributed by atoms with Crippen molar-refractivity contribution >= 4 is 22.9 Å². The fourth-order valence-electron chi connectivity index (χ4n) is 2.24. The van der Waals surface area contributed by atoms with Crippen LogP contribution in [0.15, 0.2) is 59.7 Å². The SMILES string of the molecule is O=C(N/N=C\c1cc(O)c(O)cc1O)c1ccc2ccccc2c1. The number of carbonyl (C=O) groups is 1. The number of phenolic OH excluding ortho intramolecular Hbond substituents is 3. The summed E-state index contributed by atoms with van der Waals surface area (Å²) in [7, 11) is 0. The van der Waals surface area contributed by atoms with E-state index in [0.29, 0.717) is 5.56 Å². The highest BCUT2D eigenvalue weighted by atomic mass is 16.3. The minimum Gasteiger partial charge on any atom is -0.507 e. The number of hydrogen-bond acceptors (Lipinski definition) is 5. The third-order valence-electron chi connectivity index (χ3n) is 3.51. The van der Waals surface area contributed by atoms with Gasteiger partial charge in [-0.25, -0.2) is 5.43 Å². The summed E-state index contributed by atoms with van der Waals surface area (Å²) in [5, 5.41) is 34.0. The second-order valence-electron chi connectivity index (χ2n) is 5.16. The molecule has 0 saturated carbocycles. The molecular formula is C18H14N2O4. The summed E-state index contributed by atoms with van der Waals surface area (Å²) in [6.07, 6.45) is 1.17. The molecule has 0 bridgehead atoms. The van der Waals surface area contributed by atoms with Crippen molar-refractivity contribution in [2.75, 3.05) is 0 Å². The van der Waals surface area contributed by atoms with Crippen LogP contribution in [0.2, 0.25) is 0 Å². The molecule has 0 spiro atoms. The largest absolute Gasteiger partial charge is 0.507 e. The average molecular weight is 322 g/mol. The Morgan fingerprint density at radius 1 is 0.875 bits per heavy atom. The molecule has 0 aliphatic heterocycles. The topological polar surface area (TPSA) is 102 Å². The van der Waals surface area contributed by atoms with Crippen LogP contribution in [-0.2, 0) is 0 Å². The third kappa shape index (κ3) is 3.12. The van der Waals surface area contributed by atoms with E-state index in [4.69, 9.17) is 0 Å². The first-order chi connectivity index (χ1) is 11.5. The van der Waals surface area contributed by atoms with E-state index < -0.39 is 17.4 Å². The monoisotopic (exact) mass is 322 g/mol. The molecule has 0 radical (unpaired) electrons. The Bertz CT molecular complexity index is 951. The molecule has 120 valence electrons. The predicted octanol–water partition coefficient (Wildman–Crippen LogP) is 2.72. The number of hydrogen-bond donors (Lipinski definition) is 4. The summed E-state index contributed by atoms with van der Waals surface area (Å²) in [5.41, 5.74) is 2.95. The molecule has 1 amide bonds. The zero-order valence-electron chi connectivity index (χ0n) is 12.5. The fourth-order valence-corrected chi connectivity index (χ4v) is 2.24. The number of nitrogens with one attached hydrogen (secondary N) is 1. The van der Waals surface area contributed by atoms with Crippen LogP contribution < -0.4 is 5.43 Å². The number of hydrazone groups is 1. The highest BCUT2D eigenvalue weighted by Gasteiger charge is 2.07. The van der Waals surface area contributed by atoms with E-state index in [1.54, 1.807) is 12.1 Å². The van der Waals surface area contributed by atoms with Crippen LogP contribution in [0.4, 0.5) is 0 Å². The van der Waals surface area contributed by atoms with Gasteiger partial charge in [0.15, 0.2) is 11.5 Å². The zero-order valence-corrected chi connectivity index (χ0v) is 12.5. The van der Waals surface area contributed by atoms with Crippen LogP contribution in [-0.4, -0.2) is 27.4 Å². The normalized spacial score (nSPS) is 11.0. The maximum absolute atomic E-state index is 12.1. The summed E-state index contributed by atoms with van der Waals surface area (Å²) >= 11 is 0. The number of rotatable bonds is 3. The van der Waals surface area contributed by atoms with Crippen LogP contribution in [0.25, 0.3) is 10.8 Å². The maximum Gasteiger partial charge on any atom is 0.271 e. The molecule has 6 nitrogen and oxygen atoms in total. The van der Waals surface area contributed by atoms with Crippen molar-refractivity contribution in [2.45, 2.75) is 0 Å². The Morgan fingerprint density at radius 3 is 2.38 bits per heavy atom. The highest BCUT2D eigenvalue weighted by molar-refractivity contribution is 5.99. The van der Waals surface area contributed by atoms with Crippen molar-refractivity contribution in [3.63, 3.8) is 0 Å². The first-order valence-electron chi connectivity index (χ1n) is 7.12. The zero-order chi connectivity index (χ0) is 17.1. The molecule has 0 aromatic heterocycles. The molecule has 6 heteroatoms. The standard InChI is InChI=1S/C18H14N2O4/c21-15-9-17(23)16(22)8-14(15)10-19-20-18(24)13-6-5-11-3-1-2-4-12(11)7-13/h1-10,21-23H,(H,20,24)/b19-10-. The van der Waals surface area contributed by atoms with Crippen molar-refractivity contribution in [1.29, 1.82) is 0 Å². The van der Waals surface area contributed by atoms with Crippen LogP contribution >= 0.6 is 0 Å². The average Bonchev–Trinajstić information content (AvgIpc) is 2.58. The van der Waals surface area contributed by atoms with E-state index in [2.05, 4.69) is 10.5 Å². The lowest BCUT2D eigenvalue weighted by Crippen LogP contribution is -2.17. The van der Waals surface area contributed by atoms with Gasteiger partial charge in [0.1, 0.15) is 5.75 Å². The number of amides is 1. The van der Waals surface area contributed by atoms with Crippen molar-refractivity contribution < 1.29 is 20.1 Å². The first kappa shape index (κ1) is 15.4. The van der Waals surface area contributed by atoms with Gasteiger partial charge in [-0.15, -0.1) is 0 Å². The van der Waals surface area contributed by atoms with Gasteiger partial charge in [-0.3, -0.25) is 4.79 Å². The number of phenols is 3. The van der Waals surface area contributed by atoms with E-state index in [0.717, 1.165) is 22.9 Å². The van der Waals surface area contributed by atoms with Gasteiger partial charge in [-0.05, 0) is 29.0 Å². The van der Waals surface area contributed by atoms with Gasteiger partial charge in [-0.2, -0.15) is 5.10 Å². The summed E-state index contributed by atoms with van der Waals surface area (Å²) in [4.78, 5) is 12.1. The van der Waals surface area contributed by atoms with Gasteiger partial charge in [0, 0.05) is 17.2 Å². The van der Waals surface area contributed by atoms with Crippen LogP contribution in [0.3, 0.4) is 0 Å². The van der Waals surface area contributed by atoms with Crippen LogP contribution in [0.5, 0.6) is 17.2 Å². The molecule has 3 rings (SSSR count). The molecule has 0 aliphatic rings. The number of aromatic hydroxyl groups is 3. The molecule has 0 heterocycles. The summed E-state index contributed by atoms with van der Waals surface area (Å²) in [6, 6.07) is 15.1. The predicted molar refractivity (Wildman–Crippen MR) is 90.4 cm³/mol. The Balaban J connectivity index is 1.76. The Morgan fingerprint density at radius 2 is 1.58 bits per heavy atom. The molecule has 3 aromatic carbocycles. The molecule has 0 atom stereocenters. The molecule has 24 heavy (non-hydrogen) atoms. The summed E-state index contributed by atoms with van der Waals surface area (Å²) in [6.45, 7) is 0. The lowest BCUT2D eigenvalue weighted by Gasteiger charge is -2.04. The third-order valence-corrected chi connectivity index (χ3v) is 3.51. The molecule has 3 aromatic rings. The van der Waals surface area contributed by atoms with Gasteiger partial charge in [0.2, 0.25) is 0 Å². The van der Waals surface area contributed by atoms with Gasteiger partial charge < -0.3 is 15.3 Å². The number of carbonyl (C=O) groups excluding carboxylic acids is 1. The minimum absolute atomic E-state index is 0.157. The van der Waals surface area contributed by atoms with Gasteiger partial charge in [0.05, 0.1) is 6.21 Å². The van der Waals surface area contributed by atoms with Gasteiger partial charge in [-0.1, -0.05) is 30.3 Å². The summed E-state index contributed by atoms with van der Waals surface area (Å²) in [5.74, 6) is -1.51. The van der Waals surface area contributed by atoms with Crippen LogP contribution in [0, 0.1) is 0 Å². The molecule has 4 N–H and O–H groups in total. The van der Waals surface area contributed by atoms with Crippen molar-refractivity contribution in [3.8, 4) is 17.2 Å². The minimum atomic E-state index is -0.440. The second-order valence-corrected chi connectivity index (χ2v) is 5.16. The number of benzene rings is 3. The first-order valence-corrected chi connectivity index (χ1v) is 7.12. The summed E-state index contributed by atoms with van der Waals surface area (Å²) < 4.78 is 0. The number of fused-ring (bicyclic) bond motifs is 1. The highest BCUT2D eigenvalue weighted by Crippen LogP contribution is 2.31. The lowest BCUT2D eigenvalue weighted by molar-refractivity contribution is 0.0955. The van der Waals surface area contributed by atoms with E-state index >= 15 is 0 Å². The van der Waals surface area contributed by atoms with Crippen molar-refractivity contribution in [1.82, 2.24) is 5.43 Å². The fraction of sp³-hybridized carbons (Fsp3) is 0. The Hall–Kier alpha value is -3.54. The van der Waals surface area contributed by atoms with E-state index in [-0.39, 0.29) is 11.3 Å². The Labute approximate surface area is 137 Å². The lowest BCUT2D eigenvalue weighted by atomic mass is 10.1. The van der Waals surface area contributed by atoms with Crippen molar-refractivity contribution in [3.05, 3.63) is 65.7 Å². The quantitative estimate of drug-likeness (QED) is 0.258.